The first-order chi connectivity index (χ1) is 11.3. The van der Waals surface area contributed by atoms with E-state index in [9.17, 15) is 0 Å². The molecule has 0 amide bonds. The Kier molecular flexibility index (Phi) is 3.97. The van der Waals surface area contributed by atoms with Gasteiger partial charge in [0, 0.05) is 32.1 Å². The second kappa shape index (κ2) is 6.25. The van der Waals surface area contributed by atoms with Crippen molar-refractivity contribution in [1.82, 2.24) is 19.9 Å². The van der Waals surface area contributed by atoms with Gasteiger partial charge < -0.3 is 9.64 Å². The molecule has 8 heteroatoms. The topological polar surface area (TPSA) is 64.0 Å². The third kappa shape index (κ3) is 3.20. The Morgan fingerprint density at radius 3 is 2.70 bits per heavy atom. The van der Waals surface area contributed by atoms with E-state index in [1.807, 2.05) is 12.3 Å². The van der Waals surface area contributed by atoms with Crippen LogP contribution in [-0.4, -0.2) is 39.1 Å². The van der Waals surface area contributed by atoms with Gasteiger partial charge in [-0.2, -0.15) is 0 Å². The Balaban J connectivity index is 1.39. The normalized spacial score (nSPS) is 16.0. The lowest BCUT2D eigenvalue weighted by atomic mass is 10.1. The van der Waals surface area contributed by atoms with Crippen molar-refractivity contribution in [2.75, 3.05) is 18.0 Å². The molecule has 0 unspecified atom stereocenters. The summed E-state index contributed by atoms with van der Waals surface area (Å²) < 4.78 is 6.99. The lowest BCUT2D eigenvalue weighted by Crippen LogP contribution is -2.38. The van der Waals surface area contributed by atoms with Crippen molar-refractivity contribution in [2.24, 2.45) is 0 Å². The number of anilines is 1. The quantitative estimate of drug-likeness (QED) is 0.725. The number of fused-ring (bicyclic) bond motifs is 1. The average molecular weight is 348 g/mol. The Morgan fingerprint density at radius 1 is 1.17 bits per heavy atom. The third-order valence-corrected chi connectivity index (χ3v) is 5.05. The summed E-state index contributed by atoms with van der Waals surface area (Å²) >= 11 is 7.48. The van der Waals surface area contributed by atoms with E-state index in [1.54, 1.807) is 29.9 Å². The molecule has 4 rings (SSSR count). The van der Waals surface area contributed by atoms with Crippen LogP contribution < -0.4 is 9.64 Å². The van der Waals surface area contributed by atoms with Gasteiger partial charge >= 0.3 is 6.01 Å². The van der Waals surface area contributed by atoms with Crippen molar-refractivity contribution in [3.63, 3.8) is 0 Å². The average Bonchev–Trinajstić information content (AvgIpc) is 3.02. The van der Waals surface area contributed by atoms with Gasteiger partial charge in [0.2, 0.25) is 0 Å². The molecule has 4 heterocycles. The predicted molar refractivity (Wildman–Crippen MR) is 90.3 cm³/mol. The standard InChI is InChI=1S/C15H14ClN5OS/c16-10-7-18-14(19-8-10)22-11-2-5-21(6-3-11)15-20-12-9-17-4-1-13(12)23-15/h1,4,7-9,11H,2-3,5-6H2. The molecule has 1 saturated heterocycles. The number of pyridine rings is 1. The van der Waals surface area contributed by atoms with Crippen molar-refractivity contribution in [2.45, 2.75) is 18.9 Å². The number of ether oxygens (including phenoxy) is 1. The SMILES string of the molecule is Clc1cnc(OC2CCN(c3nc4cnccc4s3)CC2)nc1. The van der Waals surface area contributed by atoms with Crippen molar-refractivity contribution < 1.29 is 4.74 Å². The molecule has 3 aromatic rings. The summed E-state index contributed by atoms with van der Waals surface area (Å²) in [5, 5.41) is 1.56. The molecule has 1 aliphatic heterocycles. The molecule has 0 aromatic carbocycles. The third-order valence-electron chi connectivity index (χ3n) is 3.76. The molecule has 0 atom stereocenters. The maximum Gasteiger partial charge on any atom is 0.316 e. The number of hydrogen-bond donors (Lipinski definition) is 0. The van der Waals surface area contributed by atoms with Gasteiger partial charge in [0.15, 0.2) is 5.13 Å². The van der Waals surface area contributed by atoms with Crippen LogP contribution in [0.1, 0.15) is 12.8 Å². The van der Waals surface area contributed by atoms with E-state index in [-0.39, 0.29) is 6.10 Å². The molecule has 3 aromatic heterocycles. The van der Waals surface area contributed by atoms with E-state index in [2.05, 4.69) is 24.8 Å². The first-order valence-electron chi connectivity index (χ1n) is 7.37. The first kappa shape index (κ1) is 14.6. The van der Waals surface area contributed by atoms with E-state index in [0.717, 1.165) is 36.6 Å². The Bertz CT molecular complexity index is 768. The molecule has 0 spiro atoms. The summed E-state index contributed by atoms with van der Waals surface area (Å²) in [6.45, 7) is 1.82. The molecule has 1 aliphatic rings. The van der Waals surface area contributed by atoms with Gasteiger partial charge in [-0.25, -0.2) is 15.0 Å². The zero-order valence-corrected chi connectivity index (χ0v) is 13.8. The van der Waals surface area contributed by atoms with E-state index >= 15 is 0 Å². The van der Waals surface area contributed by atoms with Gasteiger partial charge in [-0.1, -0.05) is 22.9 Å². The molecule has 6 nitrogen and oxygen atoms in total. The number of aromatic nitrogens is 4. The van der Waals surface area contributed by atoms with Crippen LogP contribution in [0.25, 0.3) is 10.2 Å². The highest BCUT2D eigenvalue weighted by Crippen LogP contribution is 2.30. The number of nitrogens with zero attached hydrogens (tertiary/aromatic N) is 5. The lowest BCUT2D eigenvalue weighted by molar-refractivity contribution is 0.156. The zero-order chi connectivity index (χ0) is 15.6. The van der Waals surface area contributed by atoms with E-state index < -0.39 is 0 Å². The fourth-order valence-corrected chi connectivity index (χ4v) is 3.66. The smallest absolute Gasteiger partial charge is 0.316 e. The van der Waals surface area contributed by atoms with Crippen LogP contribution in [0.2, 0.25) is 5.02 Å². The van der Waals surface area contributed by atoms with Gasteiger partial charge in [0.25, 0.3) is 0 Å². The fraction of sp³-hybridized carbons (Fsp3) is 0.333. The van der Waals surface area contributed by atoms with Gasteiger partial charge in [-0.05, 0) is 6.07 Å². The van der Waals surface area contributed by atoms with Crippen molar-refractivity contribution in [1.29, 1.82) is 0 Å². The largest absolute Gasteiger partial charge is 0.460 e. The second-order valence-electron chi connectivity index (χ2n) is 5.33. The number of hydrogen-bond acceptors (Lipinski definition) is 7. The number of rotatable bonds is 3. The monoisotopic (exact) mass is 347 g/mol. The molecule has 0 N–H and O–H groups in total. The summed E-state index contributed by atoms with van der Waals surface area (Å²) in [7, 11) is 0. The van der Waals surface area contributed by atoms with E-state index in [1.165, 1.54) is 4.70 Å². The molecule has 0 radical (unpaired) electrons. The lowest BCUT2D eigenvalue weighted by Gasteiger charge is -2.31. The fourth-order valence-electron chi connectivity index (χ4n) is 2.58. The minimum atomic E-state index is 0.128. The van der Waals surface area contributed by atoms with Crippen LogP contribution in [-0.2, 0) is 0 Å². The van der Waals surface area contributed by atoms with Crippen LogP contribution >= 0.6 is 22.9 Å². The number of halogens is 1. The Morgan fingerprint density at radius 2 is 1.96 bits per heavy atom. The molecular weight excluding hydrogens is 334 g/mol. The van der Waals surface area contributed by atoms with Gasteiger partial charge in [0.1, 0.15) is 11.6 Å². The first-order valence-corrected chi connectivity index (χ1v) is 8.57. The predicted octanol–water partition coefficient (Wildman–Crippen LogP) is 3.18. The van der Waals surface area contributed by atoms with Gasteiger partial charge in [0.05, 0.1) is 28.3 Å². The summed E-state index contributed by atoms with van der Waals surface area (Å²) in [4.78, 5) is 19.2. The number of thiazole rings is 1. The molecular formula is C15H14ClN5OS. The number of piperidine rings is 1. The molecule has 0 bridgehead atoms. The minimum absolute atomic E-state index is 0.128. The summed E-state index contributed by atoms with van der Waals surface area (Å²) in [5.74, 6) is 0. The van der Waals surface area contributed by atoms with Crippen molar-refractivity contribution >= 4 is 38.3 Å². The van der Waals surface area contributed by atoms with Crippen LogP contribution in [0.3, 0.4) is 0 Å². The minimum Gasteiger partial charge on any atom is -0.460 e. The summed E-state index contributed by atoms with van der Waals surface area (Å²) in [5.41, 5.74) is 0.959. The molecule has 0 saturated carbocycles. The maximum atomic E-state index is 5.82. The van der Waals surface area contributed by atoms with Gasteiger partial charge in [-0.15, -0.1) is 0 Å². The molecule has 1 fully saturated rings. The zero-order valence-electron chi connectivity index (χ0n) is 12.2. The van der Waals surface area contributed by atoms with Crippen LogP contribution in [0, 0.1) is 0 Å². The van der Waals surface area contributed by atoms with E-state index in [4.69, 9.17) is 16.3 Å². The van der Waals surface area contributed by atoms with Crippen LogP contribution in [0.15, 0.2) is 30.9 Å². The van der Waals surface area contributed by atoms with Crippen molar-refractivity contribution in [3.8, 4) is 6.01 Å². The maximum absolute atomic E-state index is 5.82. The summed E-state index contributed by atoms with van der Waals surface area (Å²) in [6.07, 6.45) is 8.67. The van der Waals surface area contributed by atoms with Gasteiger partial charge in [-0.3, -0.25) is 4.98 Å². The molecule has 0 aliphatic carbocycles. The van der Waals surface area contributed by atoms with Crippen LogP contribution in [0.4, 0.5) is 5.13 Å². The van der Waals surface area contributed by atoms with Crippen LogP contribution in [0.5, 0.6) is 6.01 Å². The highest BCUT2D eigenvalue weighted by atomic mass is 35.5. The molecule has 118 valence electrons. The Labute approximate surface area is 142 Å². The highest BCUT2D eigenvalue weighted by molar-refractivity contribution is 7.22. The Hall–Kier alpha value is -1.99. The highest BCUT2D eigenvalue weighted by Gasteiger charge is 2.23. The van der Waals surface area contributed by atoms with Crippen molar-refractivity contribution in [3.05, 3.63) is 35.9 Å². The summed E-state index contributed by atoms with van der Waals surface area (Å²) in [6, 6.07) is 2.39. The molecule has 23 heavy (non-hydrogen) atoms. The van der Waals surface area contributed by atoms with E-state index in [0.29, 0.717) is 11.0 Å². The second-order valence-corrected chi connectivity index (χ2v) is 6.77.